The Morgan fingerprint density at radius 3 is 0.673 bits per heavy atom. The fraction of sp³-hybridized carbons (Fsp3) is 0.951. The summed E-state index contributed by atoms with van der Waals surface area (Å²) in [6, 6.07) is 0. The van der Waals surface area contributed by atoms with Crippen LogP contribution in [0.15, 0.2) is 0 Å². The molecule has 0 aromatic heterocycles. The number of esters is 4. The lowest BCUT2D eigenvalue weighted by molar-refractivity contribution is -0.161. The molecule has 3 N–H and O–H groups in total. The Balaban J connectivity index is 5.22. The van der Waals surface area contributed by atoms with E-state index in [0.29, 0.717) is 31.6 Å². The van der Waals surface area contributed by atoms with E-state index in [9.17, 15) is 43.2 Å². The quantitative estimate of drug-likeness (QED) is 0.0222. The molecule has 0 spiro atoms. The summed E-state index contributed by atoms with van der Waals surface area (Å²) in [5.41, 5.74) is 0. The minimum absolute atomic E-state index is 0.106. The molecule has 0 aliphatic heterocycles. The maximum atomic E-state index is 13.1. The van der Waals surface area contributed by atoms with E-state index in [0.717, 1.165) is 102 Å². The SMILES string of the molecule is CCCCCCCCCCCCCCCCCCCCCCCC(=O)O[C@H](COC(=O)CCCCCCCCCCCCCCCCCC)COP(=O)(O)OC[C@@H](O)COP(=O)(O)OC[C@@H](COC(=O)CCCCCCCCCC(C)C)OC(=O)CCCCCCCCCCCCCC(C)C. The molecule has 5 atom stereocenters. The number of phosphoric acid groups is 2. The molecule has 0 bridgehead atoms. The summed E-state index contributed by atoms with van der Waals surface area (Å²) in [5.74, 6) is -0.639. The lowest BCUT2D eigenvalue weighted by atomic mass is 10.0. The van der Waals surface area contributed by atoms with Crippen molar-refractivity contribution in [3.63, 3.8) is 0 Å². The minimum Gasteiger partial charge on any atom is -0.462 e. The predicted octanol–water partition coefficient (Wildman–Crippen LogP) is 24.7. The third-order valence-electron chi connectivity index (χ3n) is 19.2. The molecular formula is C82H160O17P2. The van der Waals surface area contributed by atoms with Crippen molar-refractivity contribution in [3.05, 3.63) is 0 Å². The molecule has 0 fully saturated rings. The second-order valence-corrected chi connectivity index (χ2v) is 33.4. The third kappa shape index (κ3) is 76.1. The van der Waals surface area contributed by atoms with Crippen LogP contribution in [0.1, 0.15) is 433 Å². The molecule has 0 aliphatic carbocycles. The van der Waals surface area contributed by atoms with E-state index in [1.165, 1.54) is 244 Å². The van der Waals surface area contributed by atoms with Crippen molar-refractivity contribution in [2.24, 2.45) is 11.8 Å². The Morgan fingerprint density at radius 2 is 0.455 bits per heavy atom. The van der Waals surface area contributed by atoms with Gasteiger partial charge in [0, 0.05) is 25.7 Å². The molecule has 0 aromatic carbocycles. The first kappa shape index (κ1) is 99.1. The molecule has 0 aromatic rings. The van der Waals surface area contributed by atoms with E-state index in [1.807, 2.05) is 0 Å². The largest absolute Gasteiger partial charge is 0.472 e. The fourth-order valence-corrected chi connectivity index (χ4v) is 14.3. The monoisotopic (exact) mass is 1480 g/mol. The Morgan fingerprint density at radius 1 is 0.267 bits per heavy atom. The van der Waals surface area contributed by atoms with E-state index in [1.54, 1.807) is 0 Å². The van der Waals surface area contributed by atoms with Gasteiger partial charge in [0.25, 0.3) is 0 Å². The second kappa shape index (κ2) is 73.6. The molecule has 600 valence electrons. The van der Waals surface area contributed by atoms with Crippen molar-refractivity contribution in [2.75, 3.05) is 39.6 Å². The van der Waals surface area contributed by atoms with Crippen LogP contribution >= 0.6 is 15.6 Å². The number of carbonyl (C=O) groups excluding carboxylic acids is 4. The Kier molecular flexibility index (Phi) is 72.2. The van der Waals surface area contributed by atoms with Crippen LogP contribution in [0.2, 0.25) is 0 Å². The van der Waals surface area contributed by atoms with Crippen molar-refractivity contribution in [1.82, 2.24) is 0 Å². The van der Waals surface area contributed by atoms with Gasteiger partial charge in [0.1, 0.15) is 19.3 Å². The van der Waals surface area contributed by atoms with E-state index in [2.05, 4.69) is 41.5 Å². The molecule has 101 heavy (non-hydrogen) atoms. The Bertz CT molecular complexity index is 1940. The Labute approximate surface area is 619 Å². The van der Waals surface area contributed by atoms with Crippen molar-refractivity contribution in [1.29, 1.82) is 0 Å². The zero-order valence-electron chi connectivity index (χ0n) is 66.2. The Hall–Kier alpha value is -1.94. The number of phosphoric ester groups is 2. The van der Waals surface area contributed by atoms with Gasteiger partial charge in [0.05, 0.1) is 26.4 Å². The third-order valence-corrected chi connectivity index (χ3v) is 21.1. The van der Waals surface area contributed by atoms with Gasteiger partial charge < -0.3 is 33.8 Å². The van der Waals surface area contributed by atoms with Gasteiger partial charge in [0.2, 0.25) is 0 Å². The maximum Gasteiger partial charge on any atom is 0.472 e. The van der Waals surface area contributed by atoms with Crippen LogP contribution in [0.25, 0.3) is 0 Å². The van der Waals surface area contributed by atoms with E-state index >= 15 is 0 Å². The molecule has 19 heteroatoms. The topological polar surface area (TPSA) is 237 Å². The van der Waals surface area contributed by atoms with Crippen molar-refractivity contribution < 1.29 is 80.2 Å². The number of rotatable bonds is 81. The van der Waals surface area contributed by atoms with E-state index < -0.39 is 97.5 Å². The van der Waals surface area contributed by atoms with Crippen LogP contribution in [-0.2, 0) is 65.4 Å². The summed E-state index contributed by atoms with van der Waals surface area (Å²) < 4.78 is 68.7. The smallest absolute Gasteiger partial charge is 0.462 e. The van der Waals surface area contributed by atoms with Crippen LogP contribution in [0.4, 0.5) is 0 Å². The molecule has 0 radical (unpaired) electrons. The van der Waals surface area contributed by atoms with Crippen LogP contribution in [0.5, 0.6) is 0 Å². The van der Waals surface area contributed by atoms with Crippen molar-refractivity contribution >= 4 is 39.5 Å². The van der Waals surface area contributed by atoms with Gasteiger partial charge in [-0.15, -0.1) is 0 Å². The summed E-state index contributed by atoms with van der Waals surface area (Å²) in [4.78, 5) is 73.0. The van der Waals surface area contributed by atoms with Gasteiger partial charge in [-0.3, -0.25) is 37.3 Å². The first-order chi connectivity index (χ1) is 48.9. The lowest BCUT2D eigenvalue weighted by Crippen LogP contribution is -2.30. The predicted molar refractivity (Wildman–Crippen MR) is 414 cm³/mol. The number of carbonyl (C=O) groups is 4. The number of aliphatic hydroxyl groups is 1. The molecule has 17 nitrogen and oxygen atoms in total. The number of ether oxygens (including phenoxy) is 4. The summed E-state index contributed by atoms with van der Waals surface area (Å²) >= 11 is 0. The second-order valence-electron chi connectivity index (χ2n) is 30.5. The highest BCUT2D eigenvalue weighted by molar-refractivity contribution is 7.47. The van der Waals surface area contributed by atoms with Crippen LogP contribution in [0.3, 0.4) is 0 Å². The van der Waals surface area contributed by atoms with Gasteiger partial charge in [-0.25, -0.2) is 9.13 Å². The molecule has 0 saturated carbocycles. The van der Waals surface area contributed by atoms with Gasteiger partial charge >= 0.3 is 39.5 Å². The van der Waals surface area contributed by atoms with Gasteiger partial charge in [-0.05, 0) is 37.5 Å². The summed E-state index contributed by atoms with van der Waals surface area (Å²) in [6.45, 7) is 9.58. The molecular weight excluding hydrogens is 1320 g/mol. The first-order valence-electron chi connectivity index (χ1n) is 42.5. The molecule has 2 unspecified atom stereocenters. The minimum atomic E-state index is -4.96. The summed E-state index contributed by atoms with van der Waals surface area (Å²) in [6.07, 6.45) is 64.0. The zero-order chi connectivity index (χ0) is 74.2. The highest BCUT2D eigenvalue weighted by Crippen LogP contribution is 2.45. The van der Waals surface area contributed by atoms with Crippen molar-refractivity contribution in [2.45, 2.75) is 452 Å². The molecule has 0 saturated heterocycles. The van der Waals surface area contributed by atoms with E-state index in [-0.39, 0.29) is 25.7 Å². The van der Waals surface area contributed by atoms with Gasteiger partial charge in [0.15, 0.2) is 12.2 Å². The molecule has 0 rings (SSSR count). The maximum absolute atomic E-state index is 13.1. The molecule has 0 aliphatic rings. The van der Waals surface area contributed by atoms with Crippen LogP contribution < -0.4 is 0 Å². The average Bonchev–Trinajstić information content (AvgIpc) is 1.65. The zero-order valence-corrected chi connectivity index (χ0v) is 68.0. The number of hydrogen-bond donors (Lipinski definition) is 3. The fourth-order valence-electron chi connectivity index (χ4n) is 12.7. The number of aliphatic hydroxyl groups excluding tert-OH is 1. The standard InChI is InChI=1S/C82H160O17P2/c1-7-9-11-13-15-17-19-21-23-25-26-27-28-29-31-33-37-41-47-54-60-66-81(86)98-77(70-92-79(84)64-58-52-46-40-36-32-30-24-22-20-18-16-14-12-10-8-2)72-96-100(88,89)94-68-76(83)69-95-101(90,91)97-73-78(71-93-80(85)65-59-53-49-43-45-51-57-63-75(5)6)99-82(87)67-61-55-48-42-38-34-35-39-44-50-56-62-74(3)4/h74-78,83H,7-73H2,1-6H3,(H,88,89)(H,90,91)/t76-,77-,78-/m1/s1. The van der Waals surface area contributed by atoms with Gasteiger partial charge in [-0.1, -0.05) is 382 Å². The van der Waals surface area contributed by atoms with Crippen LogP contribution in [-0.4, -0.2) is 96.7 Å². The number of unbranched alkanes of at least 4 members (excludes halogenated alkanes) is 51. The molecule has 0 amide bonds. The lowest BCUT2D eigenvalue weighted by Gasteiger charge is -2.21. The highest BCUT2D eigenvalue weighted by atomic mass is 31.2. The van der Waals surface area contributed by atoms with Crippen LogP contribution in [0, 0.1) is 11.8 Å². The van der Waals surface area contributed by atoms with Crippen molar-refractivity contribution in [3.8, 4) is 0 Å². The summed E-state index contributed by atoms with van der Waals surface area (Å²) in [5, 5.41) is 10.6. The van der Waals surface area contributed by atoms with Gasteiger partial charge in [-0.2, -0.15) is 0 Å². The first-order valence-corrected chi connectivity index (χ1v) is 45.5. The summed E-state index contributed by atoms with van der Waals surface area (Å²) in [7, 11) is -9.92. The molecule has 0 heterocycles. The number of hydrogen-bond acceptors (Lipinski definition) is 15. The highest BCUT2D eigenvalue weighted by Gasteiger charge is 2.30. The average molecular weight is 1480 g/mol. The normalized spacial score (nSPS) is 13.9. The van der Waals surface area contributed by atoms with E-state index in [4.69, 9.17) is 37.0 Å².